The lowest BCUT2D eigenvalue weighted by Crippen LogP contribution is -2.15. The highest BCUT2D eigenvalue weighted by Crippen LogP contribution is 2.29. The summed E-state index contributed by atoms with van der Waals surface area (Å²) < 4.78 is 2.43. The average Bonchev–Trinajstić information content (AvgIpc) is 2.58. The number of hydrogen-bond acceptors (Lipinski definition) is 1. The number of nitrogens with zero attached hydrogens (tertiary/aromatic N) is 2. The van der Waals surface area contributed by atoms with Gasteiger partial charge in [0.2, 0.25) is 0 Å². The van der Waals surface area contributed by atoms with Crippen molar-refractivity contribution in [3.63, 3.8) is 0 Å². The van der Waals surface area contributed by atoms with Gasteiger partial charge in [-0.15, -0.1) is 0 Å². The quantitative estimate of drug-likeness (QED) is 0.669. The normalized spacial score (nSPS) is 16.0. The van der Waals surface area contributed by atoms with Crippen molar-refractivity contribution in [2.24, 2.45) is 0 Å². The molecular formula is C12H20N2. The molecule has 1 aromatic heterocycles. The van der Waals surface area contributed by atoms with Crippen molar-refractivity contribution in [3.8, 4) is 0 Å². The molecule has 0 saturated heterocycles. The molecule has 0 fully saturated rings. The Morgan fingerprint density at radius 3 is 2.64 bits per heavy atom. The second kappa shape index (κ2) is 3.11. The van der Waals surface area contributed by atoms with Crippen molar-refractivity contribution in [2.45, 2.75) is 58.9 Å². The summed E-state index contributed by atoms with van der Waals surface area (Å²) in [4.78, 5) is 4.80. The van der Waals surface area contributed by atoms with E-state index in [9.17, 15) is 0 Å². The summed E-state index contributed by atoms with van der Waals surface area (Å²) in [6.45, 7) is 10.2. The van der Waals surface area contributed by atoms with E-state index < -0.39 is 0 Å². The van der Waals surface area contributed by atoms with Crippen LogP contribution in [0.1, 0.15) is 51.3 Å². The van der Waals surface area contributed by atoms with E-state index in [-0.39, 0.29) is 5.41 Å². The van der Waals surface area contributed by atoms with Crippen LogP contribution in [0.25, 0.3) is 0 Å². The molecule has 0 unspecified atom stereocenters. The Morgan fingerprint density at radius 1 is 1.36 bits per heavy atom. The van der Waals surface area contributed by atoms with Crippen LogP contribution < -0.4 is 0 Å². The fourth-order valence-corrected chi connectivity index (χ4v) is 2.35. The van der Waals surface area contributed by atoms with Gasteiger partial charge in [0.25, 0.3) is 0 Å². The zero-order chi connectivity index (χ0) is 10.3. The van der Waals surface area contributed by atoms with Crippen LogP contribution in [0.3, 0.4) is 0 Å². The predicted octanol–water partition coefficient (Wildman–Crippen LogP) is 2.69. The second-order valence-electron chi connectivity index (χ2n) is 5.18. The van der Waals surface area contributed by atoms with Crippen LogP contribution in [0.15, 0.2) is 0 Å². The fourth-order valence-electron chi connectivity index (χ4n) is 2.35. The highest BCUT2D eigenvalue weighted by atomic mass is 15.1. The maximum Gasteiger partial charge on any atom is 0.109 e. The zero-order valence-electron chi connectivity index (χ0n) is 9.72. The smallest absolute Gasteiger partial charge is 0.109 e. The molecule has 0 amide bonds. The molecule has 0 aromatic carbocycles. The first kappa shape index (κ1) is 9.75. The summed E-state index contributed by atoms with van der Waals surface area (Å²) in [5, 5.41) is 0. The molecule has 0 radical (unpaired) electrons. The summed E-state index contributed by atoms with van der Waals surface area (Å²) in [5.74, 6) is 1.31. The molecule has 1 aromatic rings. The highest BCUT2D eigenvalue weighted by molar-refractivity contribution is 5.25. The summed E-state index contributed by atoms with van der Waals surface area (Å²) in [5.41, 5.74) is 2.97. The first-order chi connectivity index (χ1) is 6.54. The van der Waals surface area contributed by atoms with E-state index in [4.69, 9.17) is 4.98 Å². The summed E-state index contributed by atoms with van der Waals surface area (Å²) in [7, 11) is 0. The number of hydrogen-bond donors (Lipinski definition) is 0. The first-order valence-corrected chi connectivity index (χ1v) is 5.62. The van der Waals surface area contributed by atoms with Crippen LogP contribution in [0, 0.1) is 0 Å². The number of fused-ring (bicyclic) bond motifs is 1. The summed E-state index contributed by atoms with van der Waals surface area (Å²) in [6, 6.07) is 0. The van der Waals surface area contributed by atoms with Crippen LogP contribution in [0.5, 0.6) is 0 Å². The van der Waals surface area contributed by atoms with Crippen LogP contribution >= 0.6 is 0 Å². The minimum absolute atomic E-state index is 0.197. The molecule has 0 atom stereocenters. The van der Waals surface area contributed by atoms with Gasteiger partial charge < -0.3 is 4.57 Å². The van der Waals surface area contributed by atoms with Gasteiger partial charge in [-0.2, -0.15) is 0 Å². The van der Waals surface area contributed by atoms with Crippen molar-refractivity contribution in [1.82, 2.24) is 9.55 Å². The monoisotopic (exact) mass is 192 g/mol. The first-order valence-electron chi connectivity index (χ1n) is 5.62. The number of aromatic nitrogens is 2. The summed E-state index contributed by atoms with van der Waals surface area (Å²) >= 11 is 0. The molecule has 0 bridgehead atoms. The van der Waals surface area contributed by atoms with Gasteiger partial charge >= 0.3 is 0 Å². The number of rotatable bonds is 1. The number of aryl methyl sites for hydroxylation is 1. The van der Waals surface area contributed by atoms with E-state index in [2.05, 4.69) is 32.3 Å². The lowest BCUT2D eigenvalue weighted by atomic mass is 9.90. The van der Waals surface area contributed by atoms with E-state index in [1.165, 1.54) is 36.6 Å². The van der Waals surface area contributed by atoms with E-state index in [0.29, 0.717) is 0 Å². The maximum atomic E-state index is 4.80. The Hall–Kier alpha value is -0.790. The standard InChI is InChI=1S/C12H20N2/c1-5-9-11(12(2,3)4)13-10-7-6-8-14(9)10/h5-8H2,1-4H3. The molecule has 0 spiro atoms. The Kier molecular flexibility index (Phi) is 2.17. The zero-order valence-corrected chi connectivity index (χ0v) is 9.72. The molecule has 0 aliphatic carbocycles. The molecule has 2 nitrogen and oxygen atoms in total. The second-order valence-corrected chi connectivity index (χ2v) is 5.18. The predicted molar refractivity (Wildman–Crippen MR) is 58.6 cm³/mol. The van der Waals surface area contributed by atoms with Crippen molar-refractivity contribution in [3.05, 3.63) is 17.2 Å². The van der Waals surface area contributed by atoms with Crippen molar-refractivity contribution in [2.75, 3.05) is 0 Å². The van der Waals surface area contributed by atoms with Crippen molar-refractivity contribution in [1.29, 1.82) is 0 Å². The van der Waals surface area contributed by atoms with Gasteiger partial charge in [0.15, 0.2) is 0 Å². The van der Waals surface area contributed by atoms with Crippen molar-refractivity contribution >= 4 is 0 Å². The van der Waals surface area contributed by atoms with E-state index in [1.54, 1.807) is 0 Å². The average molecular weight is 192 g/mol. The Labute approximate surface area is 86.3 Å². The van der Waals surface area contributed by atoms with E-state index >= 15 is 0 Å². The van der Waals surface area contributed by atoms with Gasteiger partial charge in [0, 0.05) is 24.1 Å². The number of imidazole rings is 1. The Bertz CT molecular complexity index is 342. The molecule has 78 valence electrons. The molecule has 1 aliphatic heterocycles. The molecule has 0 saturated carbocycles. The molecule has 1 aliphatic rings. The Morgan fingerprint density at radius 2 is 2.07 bits per heavy atom. The van der Waals surface area contributed by atoms with E-state index in [1.807, 2.05) is 0 Å². The van der Waals surface area contributed by atoms with Crippen molar-refractivity contribution < 1.29 is 0 Å². The molecule has 0 N–H and O–H groups in total. The SMILES string of the molecule is CCc1c(C(C)(C)C)nc2n1CCC2. The third kappa shape index (κ3) is 1.37. The third-order valence-electron chi connectivity index (χ3n) is 2.98. The minimum Gasteiger partial charge on any atom is -0.332 e. The van der Waals surface area contributed by atoms with E-state index in [0.717, 1.165) is 6.42 Å². The van der Waals surface area contributed by atoms with Gasteiger partial charge in [-0.3, -0.25) is 0 Å². The van der Waals surface area contributed by atoms with Gasteiger partial charge in [0.05, 0.1) is 5.69 Å². The lowest BCUT2D eigenvalue weighted by molar-refractivity contribution is 0.556. The molecule has 14 heavy (non-hydrogen) atoms. The minimum atomic E-state index is 0.197. The largest absolute Gasteiger partial charge is 0.332 e. The third-order valence-corrected chi connectivity index (χ3v) is 2.98. The molecule has 2 heteroatoms. The van der Waals surface area contributed by atoms with Gasteiger partial charge in [-0.1, -0.05) is 27.7 Å². The highest BCUT2D eigenvalue weighted by Gasteiger charge is 2.26. The van der Waals surface area contributed by atoms with Crippen LogP contribution in [0.4, 0.5) is 0 Å². The molecular weight excluding hydrogens is 172 g/mol. The van der Waals surface area contributed by atoms with Crippen LogP contribution in [-0.2, 0) is 24.8 Å². The van der Waals surface area contributed by atoms with Gasteiger partial charge in [0.1, 0.15) is 5.82 Å². The fraction of sp³-hybridized carbons (Fsp3) is 0.750. The van der Waals surface area contributed by atoms with Crippen LogP contribution in [0.2, 0.25) is 0 Å². The maximum absolute atomic E-state index is 4.80. The molecule has 2 heterocycles. The molecule has 2 rings (SSSR count). The summed E-state index contributed by atoms with van der Waals surface area (Å²) in [6.07, 6.45) is 3.56. The van der Waals surface area contributed by atoms with Crippen LogP contribution in [-0.4, -0.2) is 9.55 Å². The van der Waals surface area contributed by atoms with Gasteiger partial charge in [-0.25, -0.2) is 4.98 Å². The topological polar surface area (TPSA) is 17.8 Å². The Balaban J connectivity index is 2.52. The van der Waals surface area contributed by atoms with Gasteiger partial charge in [-0.05, 0) is 12.8 Å². The lowest BCUT2D eigenvalue weighted by Gasteiger charge is -2.18.